The maximum Gasteiger partial charge on any atom is 0.374 e. The normalized spacial score (nSPS) is 29.3. The predicted octanol–water partition coefficient (Wildman–Crippen LogP) is 5.60. The maximum atomic E-state index is 13.4. The highest BCUT2D eigenvalue weighted by molar-refractivity contribution is 6.00. The Morgan fingerprint density at radius 2 is 1.24 bits per heavy atom. The van der Waals surface area contributed by atoms with Crippen LogP contribution in [0.1, 0.15) is 49.7 Å². The fourth-order valence-corrected chi connectivity index (χ4v) is 6.33. The van der Waals surface area contributed by atoms with E-state index in [0.29, 0.717) is 5.76 Å². The zero-order valence-corrected chi connectivity index (χ0v) is 17.0. The monoisotopic (exact) mass is 388 g/mol. The van der Waals surface area contributed by atoms with Gasteiger partial charge in [0.1, 0.15) is 5.60 Å². The molecule has 3 heteroatoms. The smallest absolute Gasteiger partial charge is 0.374 e. The molecule has 2 aromatic rings. The van der Waals surface area contributed by atoms with Crippen molar-refractivity contribution in [3.05, 3.63) is 77.5 Å². The van der Waals surface area contributed by atoms with Gasteiger partial charge >= 0.3 is 5.97 Å². The molecule has 6 rings (SSSR count). The third-order valence-electron chi connectivity index (χ3n) is 7.03. The number of methoxy groups -OCH3 is 1. The molecule has 0 atom stereocenters. The van der Waals surface area contributed by atoms with Gasteiger partial charge in [0.25, 0.3) is 0 Å². The molecule has 0 N–H and O–H groups in total. The van der Waals surface area contributed by atoms with E-state index >= 15 is 0 Å². The molecule has 0 spiro atoms. The van der Waals surface area contributed by atoms with Crippen LogP contribution in [-0.4, -0.2) is 18.7 Å². The molecule has 0 unspecified atom stereocenters. The zero-order valence-electron chi connectivity index (χ0n) is 17.0. The van der Waals surface area contributed by atoms with E-state index in [1.807, 2.05) is 60.7 Å². The van der Waals surface area contributed by atoms with Crippen LogP contribution >= 0.6 is 0 Å². The first-order valence-electron chi connectivity index (χ1n) is 10.8. The minimum atomic E-state index is -0.322. The van der Waals surface area contributed by atoms with Gasteiger partial charge in [-0.2, -0.15) is 0 Å². The summed E-state index contributed by atoms with van der Waals surface area (Å²) in [6.07, 6.45) is 7.03. The van der Waals surface area contributed by atoms with Crippen molar-refractivity contribution in [2.75, 3.05) is 7.11 Å². The van der Waals surface area contributed by atoms with Crippen LogP contribution < -0.4 is 0 Å². The number of benzene rings is 2. The van der Waals surface area contributed by atoms with Crippen LogP contribution in [0.2, 0.25) is 0 Å². The molecule has 0 radical (unpaired) electrons. The highest BCUT2D eigenvalue weighted by Gasteiger charge is 2.53. The van der Waals surface area contributed by atoms with E-state index in [4.69, 9.17) is 9.47 Å². The Morgan fingerprint density at radius 3 is 1.66 bits per heavy atom. The molecule has 4 bridgehead atoms. The average Bonchev–Trinajstić information content (AvgIpc) is 2.71. The molecule has 4 aliphatic carbocycles. The first kappa shape index (κ1) is 18.5. The zero-order chi connectivity index (χ0) is 19.8. The predicted molar refractivity (Wildman–Crippen MR) is 113 cm³/mol. The summed E-state index contributed by atoms with van der Waals surface area (Å²) in [6, 6.07) is 19.9. The van der Waals surface area contributed by atoms with Gasteiger partial charge in [-0.1, -0.05) is 60.7 Å². The molecule has 29 heavy (non-hydrogen) atoms. The summed E-state index contributed by atoms with van der Waals surface area (Å²) in [4.78, 5) is 13.4. The second-order valence-corrected chi connectivity index (χ2v) is 9.13. The second-order valence-electron chi connectivity index (χ2n) is 9.13. The van der Waals surface area contributed by atoms with Gasteiger partial charge in [0.15, 0.2) is 0 Å². The lowest BCUT2D eigenvalue weighted by Gasteiger charge is -2.55. The van der Waals surface area contributed by atoms with E-state index in [1.165, 1.54) is 19.3 Å². The number of esters is 1. The van der Waals surface area contributed by atoms with Gasteiger partial charge in [-0.25, -0.2) is 4.79 Å². The number of hydrogen-bond donors (Lipinski definition) is 0. The average molecular weight is 389 g/mol. The Kier molecular flexibility index (Phi) is 4.69. The lowest BCUT2D eigenvalue weighted by molar-refractivity contribution is -0.185. The Labute approximate surface area is 172 Å². The van der Waals surface area contributed by atoms with Crippen molar-refractivity contribution in [1.29, 1.82) is 0 Å². The van der Waals surface area contributed by atoms with Crippen molar-refractivity contribution in [3.8, 4) is 0 Å². The lowest BCUT2D eigenvalue weighted by atomic mass is 9.54. The van der Waals surface area contributed by atoms with E-state index < -0.39 is 0 Å². The summed E-state index contributed by atoms with van der Waals surface area (Å²) >= 11 is 0. The van der Waals surface area contributed by atoms with Crippen molar-refractivity contribution in [3.63, 3.8) is 0 Å². The summed E-state index contributed by atoms with van der Waals surface area (Å²) < 4.78 is 12.0. The lowest BCUT2D eigenvalue weighted by Crippen LogP contribution is -2.53. The van der Waals surface area contributed by atoms with Crippen LogP contribution in [0.5, 0.6) is 0 Å². The van der Waals surface area contributed by atoms with Gasteiger partial charge in [-0.05, 0) is 67.4 Å². The van der Waals surface area contributed by atoms with Crippen LogP contribution in [0, 0.1) is 17.8 Å². The summed E-state index contributed by atoms with van der Waals surface area (Å²) in [7, 11) is 1.57. The fraction of sp³-hybridized carbons (Fsp3) is 0.423. The van der Waals surface area contributed by atoms with Crippen molar-refractivity contribution >= 4 is 11.5 Å². The molecule has 4 aliphatic rings. The molecule has 0 aromatic heterocycles. The minimum Gasteiger partial charge on any atom is -0.489 e. The highest BCUT2D eigenvalue weighted by Crippen LogP contribution is 2.57. The van der Waals surface area contributed by atoms with Crippen LogP contribution in [0.25, 0.3) is 5.57 Å². The maximum absolute atomic E-state index is 13.4. The number of hydrogen-bond acceptors (Lipinski definition) is 3. The first-order valence-corrected chi connectivity index (χ1v) is 10.8. The van der Waals surface area contributed by atoms with Crippen LogP contribution in [0.4, 0.5) is 0 Å². The molecule has 150 valence electrons. The minimum absolute atomic E-state index is 0.284. The standard InChI is InChI=1S/C26H28O3/c1-28-24(23(21-8-4-2-5-9-21)22-10-6-3-7-11-22)25(27)29-26-15-18-12-19(16-26)14-20(13-18)17-26/h2-11,18-20H,12-17H2,1H3. The SMILES string of the molecule is COC(C(=O)OC12CC3CC(CC(C3)C1)C2)=C(c1ccccc1)c1ccccc1. The molecule has 0 saturated heterocycles. The molecular formula is C26H28O3. The third-order valence-corrected chi connectivity index (χ3v) is 7.03. The van der Waals surface area contributed by atoms with Gasteiger partial charge in [0.05, 0.1) is 7.11 Å². The Bertz CT molecular complexity index is 837. The molecule has 3 nitrogen and oxygen atoms in total. The van der Waals surface area contributed by atoms with Crippen molar-refractivity contribution in [1.82, 2.24) is 0 Å². The number of ether oxygens (including phenoxy) is 2. The van der Waals surface area contributed by atoms with Gasteiger partial charge < -0.3 is 9.47 Å². The van der Waals surface area contributed by atoms with Crippen molar-refractivity contribution in [2.45, 2.75) is 44.1 Å². The fourth-order valence-electron chi connectivity index (χ4n) is 6.33. The van der Waals surface area contributed by atoms with Crippen LogP contribution in [0.3, 0.4) is 0 Å². The van der Waals surface area contributed by atoms with E-state index in [-0.39, 0.29) is 11.6 Å². The summed E-state index contributed by atoms with van der Waals surface area (Å²) in [5, 5.41) is 0. The highest BCUT2D eigenvalue weighted by atomic mass is 16.6. The van der Waals surface area contributed by atoms with E-state index in [0.717, 1.165) is 53.7 Å². The number of rotatable bonds is 5. The Morgan fingerprint density at radius 1 is 0.793 bits per heavy atom. The molecule has 4 saturated carbocycles. The van der Waals surface area contributed by atoms with Crippen LogP contribution in [-0.2, 0) is 14.3 Å². The summed E-state index contributed by atoms with van der Waals surface area (Å²) in [5.41, 5.74) is 2.42. The molecule has 4 fully saturated rings. The van der Waals surface area contributed by atoms with E-state index in [2.05, 4.69) is 0 Å². The number of carbonyl (C=O) groups is 1. The molecular weight excluding hydrogens is 360 g/mol. The van der Waals surface area contributed by atoms with Crippen molar-refractivity contribution in [2.24, 2.45) is 17.8 Å². The molecule has 0 aliphatic heterocycles. The molecule has 0 amide bonds. The van der Waals surface area contributed by atoms with Gasteiger partial charge in [-0.3, -0.25) is 0 Å². The van der Waals surface area contributed by atoms with E-state index in [1.54, 1.807) is 7.11 Å². The van der Waals surface area contributed by atoms with Gasteiger partial charge in [-0.15, -0.1) is 0 Å². The Hall–Kier alpha value is -2.55. The van der Waals surface area contributed by atoms with Gasteiger partial charge in [0, 0.05) is 5.57 Å². The molecule has 0 heterocycles. The van der Waals surface area contributed by atoms with Gasteiger partial charge in [0.2, 0.25) is 5.76 Å². The summed E-state index contributed by atoms with van der Waals surface area (Å²) in [6.45, 7) is 0. The molecule has 2 aromatic carbocycles. The van der Waals surface area contributed by atoms with Crippen molar-refractivity contribution < 1.29 is 14.3 Å². The Balaban J connectivity index is 1.52. The van der Waals surface area contributed by atoms with Crippen LogP contribution in [0.15, 0.2) is 66.4 Å². The first-order chi connectivity index (χ1) is 14.2. The summed E-state index contributed by atoms with van der Waals surface area (Å²) in [5.74, 6) is 2.17. The largest absolute Gasteiger partial charge is 0.489 e. The topological polar surface area (TPSA) is 35.5 Å². The van der Waals surface area contributed by atoms with E-state index in [9.17, 15) is 4.79 Å². The second kappa shape index (κ2) is 7.37. The quantitative estimate of drug-likeness (QED) is 0.380. The number of carbonyl (C=O) groups excluding carboxylic acids is 1. The third kappa shape index (κ3) is 3.48.